The Kier molecular flexibility index (Phi) is 4.20. The molecule has 1 aliphatic heterocycles. The molecule has 120 valence electrons. The Morgan fingerprint density at radius 1 is 1.30 bits per heavy atom. The topological polar surface area (TPSA) is 107 Å². The number of hydrogen-bond donors (Lipinski definition) is 1. The summed E-state index contributed by atoms with van der Waals surface area (Å²) in [4.78, 5) is 11.9. The van der Waals surface area contributed by atoms with E-state index in [-0.39, 0.29) is 30.5 Å². The first-order valence-corrected chi connectivity index (χ1v) is 8.75. The molecule has 0 unspecified atom stereocenters. The Hall–Kier alpha value is -2.55. The van der Waals surface area contributed by atoms with Crippen LogP contribution in [0.4, 0.5) is 0 Å². The highest BCUT2D eigenvalue weighted by Crippen LogP contribution is 2.18. The zero-order valence-electron chi connectivity index (χ0n) is 12.2. The van der Waals surface area contributed by atoms with E-state index in [9.17, 15) is 13.2 Å². The third kappa shape index (κ3) is 3.81. The van der Waals surface area contributed by atoms with E-state index in [0.29, 0.717) is 5.82 Å². The van der Waals surface area contributed by atoms with Gasteiger partial charge in [0.2, 0.25) is 5.91 Å². The van der Waals surface area contributed by atoms with Gasteiger partial charge in [0, 0.05) is 17.7 Å². The first-order valence-electron chi connectivity index (χ1n) is 7.04. The van der Waals surface area contributed by atoms with Crippen LogP contribution in [-0.4, -0.2) is 40.3 Å². The van der Waals surface area contributed by atoms with E-state index in [0.717, 1.165) is 5.69 Å². The molecule has 9 heteroatoms. The largest absolute Gasteiger partial charge is 0.349 e. The Balaban J connectivity index is 1.58. The first-order chi connectivity index (χ1) is 11.0. The summed E-state index contributed by atoms with van der Waals surface area (Å²) in [5, 5.41) is 15.3. The van der Waals surface area contributed by atoms with Gasteiger partial charge in [0.15, 0.2) is 15.7 Å². The molecule has 23 heavy (non-hydrogen) atoms. The van der Waals surface area contributed by atoms with Crippen molar-refractivity contribution in [3.63, 3.8) is 0 Å². The molecule has 1 amide bonds. The normalized spacial score (nSPS) is 18.9. The lowest BCUT2D eigenvalue weighted by Gasteiger charge is -2.08. The maximum Gasteiger partial charge on any atom is 0.220 e. The van der Waals surface area contributed by atoms with Crippen LogP contribution < -0.4 is 5.32 Å². The summed E-state index contributed by atoms with van der Waals surface area (Å²) in [6.45, 7) is 0.171. The number of aromatic nitrogens is 4. The summed E-state index contributed by atoms with van der Waals surface area (Å²) in [6, 6.07) is 9.34. The van der Waals surface area contributed by atoms with Crippen LogP contribution in [0.15, 0.2) is 41.8 Å². The van der Waals surface area contributed by atoms with E-state index in [2.05, 4.69) is 20.8 Å². The van der Waals surface area contributed by atoms with Crippen LogP contribution in [0.5, 0.6) is 0 Å². The molecule has 3 rings (SSSR count). The summed E-state index contributed by atoms with van der Waals surface area (Å²) in [5.41, 5.74) is 0.798. The Bertz CT molecular complexity index is 829. The molecule has 2 aromatic rings. The van der Waals surface area contributed by atoms with Crippen LogP contribution in [0.1, 0.15) is 12.2 Å². The Morgan fingerprint density at radius 2 is 2.09 bits per heavy atom. The molecule has 2 heterocycles. The first kappa shape index (κ1) is 15.3. The third-order valence-corrected chi connectivity index (χ3v) is 4.90. The zero-order valence-corrected chi connectivity index (χ0v) is 13.0. The van der Waals surface area contributed by atoms with Crippen molar-refractivity contribution in [1.82, 2.24) is 25.5 Å². The number of carbonyl (C=O) groups is 1. The molecule has 1 aromatic carbocycles. The number of carbonyl (C=O) groups excluding carboxylic acids is 1. The second-order valence-electron chi connectivity index (χ2n) is 5.24. The highest BCUT2D eigenvalue weighted by Gasteiger charge is 2.23. The number of para-hydroxylation sites is 1. The molecule has 0 fully saturated rings. The second kappa shape index (κ2) is 6.29. The highest BCUT2D eigenvalue weighted by atomic mass is 32.2. The molecule has 1 aromatic heterocycles. The number of allylic oxidation sites excluding steroid dienone is 1. The minimum atomic E-state index is -3.14. The van der Waals surface area contributed by atoms with Gasteiger partial charge in [0.25, 0.3) is 0 Å². The van der Waals surface area contributed by atoms with Crippen LogP contribution in [0.2, 0.25) is 0 Å². The number of amides is 1. The van der Waals surface area contributed by atoms with Crippen LogP contribution >= 0.6 is 0 Å². The van der Waals surface area contributed by atoms with Crippen LogP contribution in [0.3, 0.4) is 0 Å². The molecule has 8 nitrogen and oxygen atoms in total. The Morgan fingerprint density at radius 3 is 2.78 bits per heavy atom. The minimum Gasteiger partial charge on any atom is -0.349 e. The minimum absolute atomic E-state index is 0.0117. The van der Waals surface area contributed by atoms with Crippen molar-refractivity contribution < 1.29 is 13.2 Å². The maximum absolute atomic E-state index is 11.9. The predicted octanol–water partition coefficient (Wildman–Crippen LogP) is 0.227. The smallest absolute Gasteiger partial charge is 0.220 e. The number of rotatable bonds is 5. The standard InChI is InChI=1S/C14H15N5O3S/c20-14(8-11-6-7-23(21,22)10-11)15-9-13-16-17-18-19(13)12-4-2-1-3-5-12/h1-7,11H,8-10H2,(H,15,20)/t11-/m0/s1. The van der Waals surface area contributed by atoms with Crippen molar-refractivity contribution in [2.75, 3.05) is 5.75 Å². The fraction of sp³-hybridized carbons (Fsp3) is 0.286. The molecule has 0 saturated heterocycles. The molecule has 1 N–H and O–H groups in total. The van der Waals surface area contributed by atoms with Gasteiger partial charge in [-0.25, -0.2) is 8.42 Å². The van der Waals surface area contributed by atoms with Gasteiger partial charge < -0.3 is 5.32 Å². The predicted molar refractivity (Wildman–Crippen MR) is 82.0 cm³/mol. The van der Waals surface area contributed by atoms with Gasteiger partial charge in [-0.1, -0.05) is 24.3 Å². The molecular formula is C14H15N5O3S. The number of benzene rings is 1. The second-order valence-corrected chi connectivity index (χ2v) is 7.17. The molecule has 1 atom stereocenters. The van der Waals surface area contributed by atoms with E-state index in [1.165, 1.54) is 5.41 Å². The van der Waals surface area contributed by atoms with Gasteiger partial charge in [-0.15, -0.1) is 5.10 Å². The number of tetrazole rings is 1. The zero-order chi connectivity index (χ0) is 16.3. The molecule has 0 bridgehead atoms. The molecule has 0 saturated carbocycles. The lowest BCUT2D eigenvalue weighted by atomic mass is 10.1. The maximum atomic E-state index is 11.9. The van der Waals surface area contributed by atoms with E-state index in [4.69, 9.17) is 0 Å². The summed E-state index contributed by atoms with van der Waals surface area (Å²) in [5.74, 6) is -0.0223. The molecule has 1 aliphatic rings. The lowest BCUT2D eigenvalue weighted by molar-refractivity contribution is -0.121. The van der Waals surface area contributed by atoms with E-state index >= 15 is 0 Å². The molecule has 0 radical (unpaired) electrons. The van der Waals surface area contributed by atoms with Crippen molar-refractivity contribution in [1.29, 1.82) is 0 Å². The number of nitrogens with zero attached hydrogens (tertiary/aromatic N) is 4. The van der Waals surface area contributed by atoms with Crippen LogP contribution in [0.25, 0.3) is 5.69 Å². The van der Waals surface area contributed by atoms with Gasteiger partial charge >= 0.3 is 0 Å². The fourth-order valence-corrected chi connectivity index (χ4v) is 3.74. The van der Waals surface area contributed by atoms with Crippen molar-refractivity contribution in [3.8, 4) is 5.69 Å². The van der Waals surface area contributed by atoms with E-state index in [1.807, 2.05) is 30.3 Å². The quantitative estimate of drug-likeness (QED) is 0.839. The highest BCUT2D eigenvalue weighted by molar-refractivity contribution is 7.94. The van der Waals surface area contributed by atoms with Gasteiger partial charge in [0.1, 0.15) is 0 Å². The SMILES string of the molecule is O=C(C[C@@H]1C=CS(=O)(=O)C1)NCc1nnnn1-c1ccccc1. The lowest BCUT2D eigenvalue weighted by Crippen LogP contribution is -2.27. The molecular weight excluding hydrogens is 318 g/mol. The summed E-state index contributed by atoms with van der Waals surface area (Å²) in [6.07, 6.45) is 1.69. The summed E-state index contributed by atoms with van der Waals surface area (Å²) < 4.78 is 24.2. The van der Waals surface area contributed by atoms with Crippen molar-refractivity contribution in [3.05, 3.63) is 47.6 Å². The van der Waals surface area contributed by atoms with Crippen molar-refractivity contribution in [2.24, 2.45) is 5.92 Å². The van der Waals surface area contributed by atoms with Gasteiger partial charge in [-0.05, 0) is 22.6 Å². The Labute approximate surface area is 133 Å². The molecule has 0 aliphatic carbocycles. The molecule has 0 spiro atoms. The van der Waals surface area contributed by atoms with Crippen LogP contribution in [0, 0.1) is 5.92 Å². The number of sulfone groups is 1. The van der Waals surface area contributed by atoms with Crippen LogP contribution in [-0.2, 0) is 21.2 Å². The fourth-order valence-electron chi connectivity index (χ4n) is 2.34. The average molecular weight is 333 g/mol. The monoisotopic (exact) mass is 333 g/mol. The summed E-state index contributed by atoms with van der Waals surface area (Å²) in [7, 11) is -3.14. The number of nitrogens with one attached hydrogen (secondary N) is 1. The third-order valence-electron chi connectivity index (χ3n) is 3.43. The van der Waals surface area contributed by atoms with E-state index < -0.39 is 9.84 Å². The average Bonchev–Trinajstić information content (AvgIpc) is 3.12. The van der Waals surface area contributed by atoms with E-state index in [1.54, 1.807) is 10.8 Å². The van der Waals surface area contributed by atoms with Gasteiger partial charge in [-0.2, -0.15) is 4.68 Å². The van der Waals surface area contributed by atoms with Gasteiger partial charge in [0.05, 0.1) is 18.0 Å². The van der Waals surface area contributed by atoms with Crippen molar-refractivity contribution >= 4 is 15.7 Å². The number of hydrogen-bond acceptors (Lipinski definition) is 6. The summed E-state index contributed by atoms with van der Waals surface area (Å²) >= 11 is 0. The van der Waals surface area contributed by atoms with Crippen molar-refractivity contribution in [2.45, 2.75) is 13.0 Å². The van der Waals surface area contributed by atoms with Gasteiger partial charge in [-0.3, -0.25) is 4.79 Å².